The number of rotatable bonds is 3. The number of hydrogen-bond acceptors (Lipinski definition) is 4. The van der Waals surface area contributed by atoms with E-state index in [1.807, 2.05) is 19.0 Å². The van der Waals surface area contributed by atoms with Crippen LogP contribution in [0.1, 0.15) is 19.3 Å². The van der Waals surface area contributed by atoms with Gasteiger partial charge in [-0.05, 0) is 26.9 Å². The fourth-order valence-electron chi connectivity index (χ4n) is 2.93. The first kappa shape index (κ1) is 14.3. The first-order valence-corrected chi connectivity index (χ1v) is 6.87. The lowest BCUT2D eigenvalue weighted by atomic mass is 9.97. The van der Waals surface area contributed by atoms with E-state index in [-0.39, 0.29) is 23.8 Å². The van der Waals surface area contributed by atoms with Crippen LogP contribution in [0.5, 0.6) is 0 Å². The van der Waals surface area contributed by atoms with Crippen LogP contribution in [0, 0.1) is 5.92 Å². The first-order valence-electron chi connectivity index (χ1n) is 6.87. The number of likely N-dealkylation sites (N-methyl/N-ethyl adjacent to an activating group) is 1. The fraction of sp³-hybridized carbons (Fsp3) is 0.846. The van der Waals surface area contributed by atoms with Gasteiger partial charge in [0, 0.05) is 32.1 Å². The molecule has 0 bridgehead atoms. The Kier molecular flexibility index (Phi) is 4.42. The summed E-state index contributed by atoms with van der Waals surface area (Å²) in [6.45, 7) is 1.61. The minimum atomic E-state index is -0.424. The minimum Gasteiger partial charge on any atom is -0.391 e. The average molecular weight is 269 g/mol. The van der Waals surface area contributed by atoms with Gasteiger partial charge in [-0.3, -0.25) is 9.59 Å². The van der Waals surface area contributed by atoms with Crippen LogP contribution < -0.4 is 5.32 Å². The van der Waals surface area contributed by atoms with Crippen LogP contribution in [0.4, 0.5) is 0 Å². The van der Waals surface area contributed by atoms with Gasteiger partial charge in [-0.2, -0.15) is 0 Å². The molecular formula is C13H23N3O3. The van der Waals surface area contributed by atoms with Crippen LogP contribution in [-0.4, -0.2) is 72.6 Å². The smallest absolute Gasteiger partial charge is 0.227 e. The Morgan fingerprint density at radius 3 is 2.84 bits per heavy atom. The van der Waals surface area contributed by atoms with Gasteiger partial charge in [0.25, 0.3) is 0 Å². The van der Waals surface area contributed by atoms with Crippen molar-refractivity contribution in [2.45, 2.75) is 31.4 Å². The van der Waals surface area contributed by atoms with Crippen molar-refractivity contribution in [2.75, 3.05) is 33.7 Å². The molecule has 0 aromatic heterocycles. The molecule has 2 rings (SSSR count). The number of piperidine rings is 1. The average Bonchev–Trinajstić information content (AvgIpc) is 2.69. The zero-order valence-electron chi connectivity index (χ0n) is 11.6. The number of carbonyl (C=O) groups is 2. The molecule has 6 nitrogen and oxygen atoms in total. The Hall–Kier alpha value is -1.14. The van der Waals surface area contributed by atoms with Crippen molar-refractivity contribution < 1.29 is 14.7 Å². The van der Waals surface area contributed by atoms with E-state index >= 15 is 0 Å². The third kappa shape index (κ3) is 3.45. The zero-order valence-corrected chi connectivity index (χ0v) is 11.6. The summed E-state index contributed by atoms with van der Waals surface area (Å²) in [5.74, 6) is -0.0357. The van der Waals surface area contributed by atoms with E-state index in [0.29, 0.717) is 32.4 Å². The molecule has 0 radical (unpaired) electrons. The number of nitrogens with one attached hydrogen (secondary N) is 1. The highest BCUT2D eigenvalue weighted by Gasteiger charge is 2.38. The highest BCUT2D eigenvalue weighted by Crippen LogP contribution is 2.23. The van der Waals surface area contributed by atoms with Gasteiger partial charge in [-0.1, -0.05) is 0 Å². The van der Waals surface area contributed by atoms with E-state index in [9.17, 15) is 14.7 Å². The molecule has 2 N–H and O–H groups in total. The lowest BCUT2D eigenvalue weighted by Crippen LogP contribution is -2.48. The maximum Gasteiger partial charge on any atom is 0.227 e. The van der Waals surface area contributed by atoms with Gasteiger partial charge in [0.2, 0.25) is 11.8 Å². The molecule has 2 heterocycles. The molecular weight excluding hydrogens is 246 g/mol. The molecule has 0 aromatic carbocycles. The van der Waals surface area contributed by atoms with Crippen LogP contribution >= 0.6 is 0 Å². The Labute approximate surface area is 113 Å². The molecule has 0 saturated carbocycles. The molecule has 0 spiro atoms. The van der Waals surface area contributed by atoms with Gasteiger partial charge in [0.1, 0.15) is 0 Å². The molecule has 2 aliphatic rings. The Bertz CT molecular complexity index is 349. The third-order valence-corrected chi connectivity index (χ3v) is 3.87. The molecule has 2 saturated heterocycles. The van der Waals surface area contributed by atoms with Crippen LogP contribution in [0.2, 0.25) is 0 Å². The van der Waals surface area contributed by atoms with E-state index in [0.717, 1.165) is 6.54 Å². The standard InChI is InChI=1S/C13H23N3O3/c1-15(2)7-10-5-11(17)8-16(10)13(19)9-3-4-12(18)14-6-9/h9-11,17H,3-8H2,1-2H3,(H,14,18). The fourth-order valence-corrected chi connectivity index (χ4v) is 2.93. The van der Waals surface area contributed by atoms with Crippen LogP contribution in [0.15, 0.2) is 0 Å². The Morgan fingerprint density at radius 2 is 2.26 bits per heavy atom. The molecule has 108 valence electrons. The summed E-state index contributed by atoms with van der Waals surface area (Å²) >= 11 is 0. The third-order valence-electron chi connectivity index (χ3n) is 3.87. The summed E-state index contributed by atoms with van der Waals surface area (Å²) in [5.41, 5.74) is 0. The van der Waals surface area contributed by atoms with Gasteiger partial charge in [-0.15, -0.1) is 0 Å². The number of aliphatic hydroxyl groups excluding tert-OH is 1. The first-order chi connectivity index (χ1) is 8.97. The summed E-state index contributed by atoms with van der Waals surface area (Å²) in [5, 5.41) is 12.5. The van der Waals surface area contributed by atoms with Crippen molar-refractivity contribution in [3.63, 3.8) is 0 Å². The molecule has 2 amide bonds. The molecule has 0 aromatic rings. The summed E-state index contributed by atoms with van der Waals surface area (Å²) < 4.78 is 0. The predicted octanol–water partition coefficient (Wildman–Crippen LogP) is -0.964. The van der Waals surface area contributed by atoms with Gasteiger partial charge in [-0.25, -0.2) is 0 Å². The lowest BCUT2D eigenvalue weighted by Gasteiger charge is -2.31. The van der Waals surface area contributed by atoms with Crippen molar-refractivity contribution in [1.29, 1.82) is 0 Å². The normalized spacial score (nSPS) is 31.7. The van der Waals surface area contributed by atoms with Crippen molar-refractivity contribution in [3.8, 4) is 0 Å². The summed E-state index contributed by atoms with van der Waals surface area (Å²) in [7, 11) is 3.93. The SMILES string of the molecule is CN(C)CC1CC(O)CN1C(=O)C1CCC(=O)NC1. The molecule has 2 fully saturated rings. The number of likely N-dealkylation sites (tertiary alicyclic amines) is 1. The zero-order chi connectivity index (χ0) is 14.0. The van der Waals surface area contributed by atoms with Gasteiger partial charge < -0.3 is 20.2 Å². The summed E-state index contributed by atoms with van der Waals surface area (Å²) in [6, 6.07) is 0.0788. The Balaban J connectivity index is 1.98. The molecule has 19 heavy (non-hydrogen) atoms. The summed E-state index contributed by atoms with van der Waals surface area (Å²) in [6.07, 6.45) is 1.26. The maximum absolute atomic E-state index is 12.5. The monoisotopic (exact) mass is 269 g/mol. The van der Waals surface area contributed by atoms with Gasteiger partial charge in [0.05, 0.1) is 12.0 Å². The van der Waals surface area contributed by atoms with E-state index in [1.165, 1.54) is 0 Å². The molecule has 3 atom stereocenters. The maximum atomic E-state index is 12.5. The van der Waals surface area contributed by atoms with Gasteiger partial charge in [0.15, 0.2) is 0 Å². The van der Waals surface area contributed by atoms with E-state index in [4.69, 9.17) is 0 Å². The highest BCUT2D eigenvalue weighted by atomic mass is 16.3. The number of hydrogen-bond donors (Lipinski definition) is 2. The second-order valence-corrected chi connectivity index (χ2v) is 5.84. The van der Waals surface area contributed by atoms with Crippen molar-refractivity contribution in [2.24, 2.45) is 5.92 Å². The molecule has 0 aliphatic carbocycles. The van der Waals surface area contributed by atoms with Crippen molar-refractivity contribution >= 4 is 11.8 Å². The predicted molar refractivity (Wildman–Crippen MR) is 70.4 cm³/mol. The minimum absolute atomic E-state index is 0.0235. The number of β-amino-alcohol motifs (C(OH)–C–C–N with tert-alkyl or cyclic N) is 1. The van der Waals surface area contributed by atoms with E-state index in [1.54, 1.807) is 4.90 Å². The van der Waals surface area contributed by atoms with E-state index in [2.05, 4.69) is 5.32 Å². The van der Waals surface area contributed by atoms with E-state index < -0.39 is 6.10 Å². The number of aliphatic hydroxyl groups is 1. The number of nitrogens with zero attached hydrogens (tertiary/aromatic N) is 2. The lowest BCUT2D eigenvalue weighted by molar-refractivity contribution is -0.138. The number of carbonyl (C=O) groups excluding carboxylic acids is 2. The largest absolute Gasteiger partial charge is 0.391 e. The molecule has 2 aliphatic heterocycles. The highest BCUT2D eigenvalue weighted by molar-refractivity contribution is 5.84. The Morgan fingerprint density at radius 1 is 1.53 bits per heavy atom. The van der Waals surface area contributed by atoms with Gasteiger partial charge >= 0.3 is 0 Å². The van der Waals surface area contributed by atoms with Crippen LogP contribution in [0.25, 0.3) is 0 Å². The van der Waals surface area contributed by atoms with Crippen molar-refractivity contribution in [3.05, 3.63) is 0 Å². The second-order valence-electron chi connectivity index (χ2n) is 5.84. The molecule has 6 heteroatoms. The topological polar surface area (TPSA) is 72.9 Å². The van der Waals surface area contributed by atoms with Crippen molar-refractivity contribution in [1.82, 2.24) is 15.1 Å². The molecule has 3 unspecified atom stereocenters. The summed E-state index contributed by atoms with van der Waals surface area (Å²) in [4.78, 5) is 27.5. The van der Waals surface area contributed by atoms with Crippen LogP contribution in [-0.2, 0) is 9.59 Å². The van der Waals surface area contributed by atoms with Crippen LogP contribution in [0.3, 0.4) is 0 Å². The second kappa shape index (κ2) is 5.88. The quantitative estimate of drug-likeness (QED) is 0.692. The number of amides is 2.